The van der Waals surface area contributed by atoms with Crippen LogP contribution < -0.4 is 10.1 Å². The fraction of sp³-hybridized carbons (Fsp3) is 0.308. The third-order valence-corrected chi connectivity index (χ3v) is 6.08. The molecule has 0 aliphatic carbocycles. The van der Waals surface area contributed by atoms with Crippen LogP contribution in [0.1, 0.15) is 29.5 Å². The van der Waals surface area contributed by atoms with E-state index in [1.807, 2.05) is 36.4 Å². The lowest BCUT2D eigenvalue weighted by Gasteiger charge is -2.32. The Hall–Kier alpha value is -1.75. The molecule has 32 heavy (non-hydrogen) atoms. The van der Waals surface area contributed by atoms with E-state index in [1.54, 1.807) is 0 Å². The van der Waals surface area contributed by atoms with Crippen molar-refractivity contribution in [1.82, 2.24) is 10.2 Å². The van der Waals surface area contributed by atoms with E-state index < -0.39 is 0 Å². The van der Waals surface area contributed by atoms with Crippen molar-refractivity contribution in [3.05, 3.63) is 101 Å². The molecule has 0 spiro atoms. The maximum atomic E-state index is 6.19. The Labute approximate surface area is 208 Å². The first-order chi connectivity index (χ1) is 14.8. The molecule has 172 valence electrons. The molecule has 0 aromatic heterocycles. The summed E-state index contributed by atoms with van der Waals surface area (Å²) >= 11 is 6.19. The zero-order valence-electron chi connectivity index (χ0n) is 18.1. The van der Waals surface area contributed by atoms with Crippen LogP contribution >= 0.6 is 36.4 Å². The predicted molar refractivity (Wildman–Crippen MR) is 138 cm³/mol. The quantitative estimate of drug-likeness (QED) is 0.387. The molecule has 3 aromatic carbocycles. The maximum Gasteiger partial charge on any atom is 0.119 e. The number of piperidine rings is 1. The Balaban J connectivity index is 0.00000181. The summed E-state index contributed by atoms with van der Waals surface area (Å²) in [6.07, 6.45) is 2.40. The summed E-state index contributed by atoms with van der Waals surface area (Å²) in [5.74, 6) is 0.868. The Morgan fingerprint density at radius 1 is 0.812 bits per heavy atom. The summed E-state index contributed by atoms with van der Waals surface area (Å²) in [4.78, 5) is 2.55. The van der Waals surface area contributed by atoms with Gasteiger partial charge in [-0.25, -0.2) is 0 Å². The van der Waals surface area contributed by atoms with Gasteiger partial charge in [0.15, 0.2) is 0 Å². The van der Waals surface area contributed by atoms with Crippen LogP contribution in [0.5, 0.6) is 5.75 Å². The smallest absolute Gasteiger partial charge is 0.119 e. The van der Waals surface area contributed by atoms with E-state index in [4.69, 9.17) is 16.3 Å². The molecule has 0 saturated carbocycles. The maximum absolute atomic E-state index is 6.19. The van der Waals surface area contributed by atoms with Crippen LogP contribution in [0, 0.1) is 0 Å². The zero-order valence-corrected chi connectivity index (χ0v) is 20.5. The van der Waals surface area contributed by atoms with Gasteiger partial charge in [0.1, 0.15) is 12.4 Å². The van der Waals surface area contributed by atoms with Gasteiger partial charge in [0.2, 0.25) is 0 Å². The number of rotatable bonds is 8. The third-order valence-electron chi connectivity index (χ3n) is 5.71. The molecule has 0 radical (unpaired) electrons. The average Bonchev–Trinajstić information content (AvgIpc) is 2.79. The fourth-order valence-electron chi connectivity index (χ4n) is 3.88. The molecule has 4 rings (SSSR count). The number of hydrogen-bond donors (Lipinski definition) is 1. The molecular weight excluding hydrogens is 463 g/mol. The largest absolute Gasteiger partial charge is 0.489 e. The molecule has 0 amide bonds. The summed E-state index contributed by atoms with van der Waals surface area (Å²) in [5, 5.41) is 4.47. The van der Waals surface area contributed by atoms with Gasteiger partial charge < -0.3 is 10.1 Å². The third kappa shape index (κ3) is 7.99. The van der Waals surface area contributed by atoms with Gasteiger partial charge in [0.25, 0.3) is 0 Å². The van der Waals surface area contributed by atoms with Gasteiger partial charge in [-0.2, -0.15) is 0 Å². The van der Waals surface area contributed by atoms with Gasteiger partial charge in [-0.15, -0.1) is 24.8 Å². The van der Waals surface area contributed by atoms with E-state index in [9.17, 15) is 0 Å². The first kappa shape index (κ1) is 26.5. The highest BCUT2D eigenvalue weighted by atomic mass is 35.5. The number of likely N-dealkylation sites (tertiary alicyclic amines) is 1. The minimum atomic E-state index is 0. The number of nitrogens with one attached hydrogen (secondary N) is 1. The fourth-order valence-corrected chi connectivity index (χ4v) is 4.07. The second-order valence-corrected chi connectivity index (χ2v) is 8.35. The summed E-state index contributed by atoms with van der Waals surface area (Å²) in [7, 11) is 0. The molecule has 6 heteroatoms. The summed E-state index contributed by atoms with van der Waals surface area (Å²) in [5.41, 5.74) is 3.69. The summed E-state index contributed by atoms with van der Waals surface area (Å²) < 4.78 is 5.87. The van der Waals surface area contributed by atoms with Gasteiger partial charge in [-0.3, -0.25) is 4.90 Å². The van der Waals surface area contributed by atoms with Crippen molar-refractivity contribution < 1.29 is 4.74 Å². The number of ether oxygens (including phenoxy) is 1. The molecule has 1 heterocycles. The zero-order chi connectivity index (χ0) is 20.6. The standard InChI is InChI=1S/C26H29ClN2O.2ClH/c27-26-9-5-4-8-23(26)20-30-25-12-10-21(11-13-25)18-28-24-14-16-29(17-15-24)19-22-6-2-1-3-7-22;;/h1-13,24,28H,14-20H2;2*1H. The molecule has 1 saturated heterocycles. The van der Waals surface area contributed by atoms with Crippen LogP contribution in [0.3, 0.4) is 0 Å². The highest BCUT2D eigenvalue weighted by Crippen LogP contribution is 2.19. The summed E-state index contributed by atoms with van der Waals surface area (Å²) in [6, 6.07) is 27.5. The number of benzene rings is 3. The van der Waals surface area contributed by atoms with Gasteiger partial charge in [-0.1, -0.05) is 72.3 Å². The van der Waals surface area contributed by atoms with Crippen molar-refractivity contribution in [1.29, 1.82) is 0 Å². The van der Waals surface area contributed by atoms with E-state index in [0.717, 1.165) is 42.5 Å². The highest BCUT2D eigenvalue weighted by molar-refractivity contribution is 6.31. The highest BCUT2D eigenvalue weighted by Gasteiger charge is 2.18. The Morgan fingerprint density at radius 3 is 2.16 bits per heavy atom. The van der Waals surface area contributed by atoms with Crippen LogP contribution in [0.25, 0.3) is 0 Å². The van der Waals surface area contributed by atoms with E-state index in [2.05, 4.69) is 52.7 Å². The molecule has 0 bridgehead atoms. The molecule has 1 fully saturated rings. The first-order valence-electron chi connectivity index (χ1n) is 10.7. The minimum absolute atomic E-state index is 0. The molecular formula is C26H31Cl3N2O. The lowest BCUT2D eigenvalue weighted by Crippen LogP contribution is -2.41. The van der Waals surface area contributed by atoms with E-state index in [1.165, 1.54) is 24.0 Å². The number of nitrogens with zero attached hydrogens (tertiary/aromatic N) is 1. The van der Waals surface area contributed by atoms with E-state index >= 15 is 0 Å². The van der Waals surface area contributed by atoms with Crippen LogP contribution in [-0.4, -0.2) is 24.0 Å². The monoisotopic (exact) mass is 492 g/mol. The number of halogens is 3. The first-order valence-corrected chi connectivity index (χ1v) is 11.1. The Bertz CT molecular complexity index is 914. The topological polar surface area (TPSA) is 24.5 Å². The molecule has 3 aromatic rings. The van der Waals surface area contributed by atoms with Crippen molar-refractivity contribution in [2.45, 2.75) is 38.6 Å². The lowest BCUT2D eigenvalue weighted by molar-refractivity contribution is 0.190. The van der Waals surface area contributed by atoms with Gasteiger partial charge in [0, 0.05) is 29.7 Å². The summed E-state index contributed by atoms with van der Waals surface area (Å²) in [6.45, 7) is 4.75. The van der Waals surface area contributed by atoms with Crippen molar-refractivity contribution in [2.24, 2.45) is 0 Å². The molecule has 1 N–H and O–H groups in total. The van der Waals surface area contributed by atoms with Crippen molar-refractivity contribution >= 4 is 36.4 Å². The number of hydrogen-bond acceptors (Lipinski definition) is 3. The van der Waals surface area contributed by atoms with Crippen LogP contribution in [0.4, 0.5) is 0 Å². The van der Waals surface area contributed by atoms with E-state index in [0.29, 0.717) is 12.6 Å². The second kappa shape index (κ2) is 13.7. The Kier molecular flexibility index (Phi) is 11.4. The predicted octanol–water partition coefficient (Wildman–Crippen LogP) is 6.52. The Morgan fingerprint density at radius 2 is 1.47 bits per heavy atom. The van der Waals surface area contributed by atoms with Crippen LogP contribution in [0.15, 0.2) is 78.9 Å². The van der Waals surface area contributed by atoms with Crippen molar-refractivity contribution in [3.63, 3.8) is 0 Å². The van der Waals surface area contributed by atoms with Gasteiger partial charge in [0.05, 0.1) is 0 Å². The van der Waals surface area contributed by atoms with Gasteiger partial charge in [-0.05, 0) is 55.3 Å². The van der Waals surface area contributed by atoms with Crippen LogP contribution in [-0.2, 0) is 19.7 Å². The van der Waals surface area contributed by atoms with Crippen LogP contribution in [0.2, 0.25) is 5.02 Å². The SMILES string of the molecule is Cl.Cl.Clc1ccccc1COc1ccc(CNC2CCN(Cc3ccccc3)CC2)cc1. The molecule has 0 atom stereocenters. The van der Waals surface area contributed by atoms with E-state index in [-0.39, 0.29) is 24.8 Å². The molecule has 3 nitrogen and oxygen atoms in total. The average molecular weight is 494 g/mol. The second-order valence-electron chi connectivity index (χ2n) is 7.94. The van der Waals surface area contributed by atoms with Crippen molar-refractivity contribution in [3.8, 4) is 5.75 Å². The molecule has 0 unspecified atom stereocenters. The lowest BCUT2D eigenvalue weighted by atomic mass is 10.0. The molecule has 1 aliphatic heterocycles. The molecule has 1 aliphatic rings. The van der Waals surface area contributed by atoms with Crippen molar-refractivity contribution in [2.75, 3.05) is 13.1 Å². The van der Waals surface area contributed by atoms with Gasteiger partial charge >= 0.3 is 0 Å². The normalized spacial score (nSPS) is 14.3. The minimum Gasteiger partial charge on any atom is -0.489 e.